The molecule has 0 unspecified atom stereocenters. The maximum absolute atomic E-state index is 8.76. The monoisotopic (exact) mass is 231 g/mol. The van der Waals surface area contributed by atoms with E-state index in [0.717, 1.165) is 5.69 Å². The summed E-state index contributed by atoms with van der Waals surface area (Å²) in [7, 11) is 0. The van der Waals surface area contributed by atoms with Crippen molar-refractivity contribution in [3.05, 3.63) is 34.4 Å². The molecule has 80 valence electrons. The van der Waals surface area contributed by atoms with Gasteiger partial charge < -0.3 is 11.1 Å². The predicted molar refractivity (Wildman–Crippen MR) is 62.8 cm³/mol. The van der Waals surface area contributed by atoms with Crippen LogP contribution < -0.4 is 11.1 Å². The second kappa shape index (κ2) is 4.59. The summed E-state index contributed by atoms with van der Waals surface area (Å²) in [6.07, 6.45) is 0. The molecule has 2 rings (SSSR count). The van der Waals surface area contributed by atoms with Gasteiger partial charge in [-0.2, -0.15) is 5.26 Å². The largest absolute Gasteiger partial charge is 0.396 e. The third-order valence-electron chi connectivity index (χ3n) is 1.97. The topological polar surface area (TPSA) is 87.6 Å². The molecule has 2 aromatic heterocycles. The van der Waals surface area contributed by atoms with Crippen molar-refractivity contribution in [2.24, 2.45) is 0 Å². The summed E-state index contributed by atoms with van der Waals surface area (Å²) in [6.45, 7) is 0.589. The van der Waals surface area contributed by atoms with Crippen LogP contribution in [0.1, 0.15) is 11.4 Å². The summed E-state index contributed by atoms with van der Waals surface area (Å²) in [5, 5.41) is 13.8. The molecule has 0 aliphatic rings. The lowest BCUT2D eigenvalue weighted by Gasteiger charge is -2.04. The fourth-order valence-electron chi connectivity index (χ4n) is 1.16. The van der Waals surface area contributed by atoms with E-state index >= 15 is 0 Å². The molecule has 3 N–H and O–H groups in total. The molecule has 2 heterocycles. The van der Waals surface area contributed by atoms with Crippen LogP contribution in [0.15, 0.2) is 23.0 Å². The fourth-order valence-corrected chi connectivity index (χ4v) is 1.72. The Morgan fingerprint density at radius 2 is 2.38 bits per heavy atom. The summed E-state index contributed by atoms with van der Waals surface area (Å²) in [4.78, 5) is 8.20. The Labute approximate surface area is 96.6 Å². The van der Waals surface area contributed by atoms with Crippen molar-refractivity contribution in [3.8, 4) is 6.07 Å². The van der Waals surface area contributed by atoms with Crippen LogP contribution in [0, 0.1) is 11.3 Å². The number of thiazole rings is 1. The smallest absolute Gasteiger partial charge is 0.165 e. The zero-order valence-corrected chi connectivity index (χ0v) is 9.16. The van der Waals surface area contributed by atoms with Crippen molar-refractivity contribution in [1.29, 1.82) is 5.26 Å². The van der Waals surface area contributed by atoms with Gasteiger partial charge in [-0.15, -0.1) is 11.3 Å². The van der Waals surface area contributed by atoms with Crippen LogP contribution in [-0.2, 0) is 6.54 Å². The first-order valence-electron chi connectivity index (χ1n) is 4.57. The molecule has 0 aliphatic carbocycles. The van der Waals surface area contributed by atoms with Crippen molar-refractivity contribution in [2.45, 2.75) is 6.54 Å². The van der Waals surface area contributed by atoms with Crippen molar-refractivity contribution < 1.29 is 0 Å². The van der Waals surface area contributed by atoms with E-state index in [4.69, 9.17) is 11.0 Å². The highest BCUT2D eigenvalue weighted by atomic mass is 32.1. The van der Waals surface area contributed by atoms with E-state index in [9.17, 15) is 0 Å². The molecule has 6 heteroatoms. The predicted octanol–water partition coefficient (Wildman–Crippen LogP) is 1.60. The van der Waals surface area contributed by atoms with Crippen molar-refractivity contribution >= 4 is 22.8 Å². The van der Waals surface area contributed by atoms with Crippen molar-refractivity contribution in [2.75, 3.05) is 11.1 Å². The SMILES string of the molecule is N#Cc1nc(NCc2cscn2)ccc1N. The van der Waals surface area contributed by atoms with Gasteiger partial charge in [0, 0.05) is 5.38 Å². The molecular formula is C10H9N5S. The summed E-state index contributed by atoms with van der Waals surface area (Å²) >= 11 is 1.54. The van der Waals surface area contributed by atoms with Crippen molar-refractivity contribution in [1.82, 2.24) is 9.97 Å². The highest BCUT2D eigenvalue weighted by Gasteiger charge is 2.02. The number of nitrogen functional groups attached to an aromatic ring is 1. The van der Waals surface area contributed by atoms with Crippen molar-refractivity contribution in [3.63, 3.8) is 0 Å². The number of nitrogens with one attached hydrogen (secondary N) is 1. The standard InChI is InChI=1S/C10H9N5S/c11-3-9-8(12)1-2-10(15-9)13-4-7-5-16-6-14-7/h1-2,5-6H,4,12H2,(H,13,15). The Morgan fingerprint density at radius 1 is 1.50 bits per heavy atom. The molecule has 0 spiro atoms. The van der Waals surface area contributed by atoms with Crippen LogP contribution in [0.4, 0.5) is 11.5 Å². The number of hydrogen-bond acceptors (Lipinski definition) is 6. The zero-order chi connectivity index (χ0) is 11.4. The second-order valence-electron chi connectivity index (χ2n) is 3.08. The normalized spacial score (nSPS) is 9.69. The highest BCUT2D eigenvalue weighted by molar-refractivity contribution is 7.07. The molecule has 16 heavy (non-hydrogen) atoms. The number of aromatic nitrogens is 2. The Bertz CT molecular complexity index is 515. The number of nitrogens with zero attached hydrogens (tertiary/aromatic N) is 3. The minimum atomic E-state index is 0.239. The third kappa shape index (κ3) is 2.27. The Kier molecular flexibility index (Phi) is 2.98. The number of hydrogen-bond donors (Lipinski definition) is 2. The van der Waals surface area contributed by atoms with E-state index in [2.05, 4.69) is 15.3 Å². The minimum absolute atomic E-state index is 0.239. The number of rotatable bonds is 3. The molecule has 0 radical (unpaired) electrons. The number of nitrogens with two attached hydrogens (primary N) is 1. The lowest BCUT2D eigenvalue weighted by molar-refractivity contribution is 1.05. The molecule has 0 bridgehead atoms. The Hall–Kier alpha value is -2.13. The fraction of sp³-hybridized carbons (Fsp3) is 0.100. The van der Waals surface area contributed by atoms with Crippen LogP contribution in [0.2, 0.25) is 0 Å². The highest BCUT2D eigenvalue weighted by Crippen LogP contribution is 2.13. The van der Waals surface area contributed by atoms with Gasteiger partial charge in [0.1, 0.15) is 11.9 Å². The second-order valence-corrected chi connectivity index (χ2v) is 3.80. The van der Waals surface area contributed by atoms with Gasteiger partial charge in [0.25, 0.3) is 0 Å². The van der Waals surface area contributed by atoms with Gasteiger partial charge in [-0.05, 0) is 12.1 Å². The van der Waals surface area contributed by atoms with Gasteiger partial charge in [-0.25, -0.2) is 9.97 Å². The van der Waals surface area contributed by atoms with Crippen LogP contribution in [-0.4, -0.2) is 9.97 Å². The molecule has 0 amide bonds. The number of nitriles is 1. The molecule has 2 aromatic rings. The van der Waals surface area contributed by atoms with Gasteiger partial charge >= 0.3 is 0 Å². The van der Waals surface area contributed by atoms with Gasteiger partial charge in [-0.1, -0.05) is 0 Å². The minimum Gasteiger partial charge on any atom is -0.396 e. The average Bonchev–Trinajstić information content (AvgIpc) is 2.81. The van der Waals surface area contributed by atoms with Gasteiger partial charge in [0.05, 0.1) is 23.4 Å². The lowest BCUT2D eigenvalue weighted by atomic mass is 10.3. The Balaban J connectivity index is 2.08. The van der Waals surface area contributed by atoms with E-state index in [1.54, 1.807) is 29.0 Å². The molecule has 0 aromatic carbocycles. The van der Waals surface area contributed by atoms with E-state index in [1.807, 2.05) is 11.4 Å². The van der Waals surface area contributed by atoms with E-state index in [-0.39, 0.29) is 5.69 Å². The summed E-state index contributed by atoms with van der Waals surface area (Å²) in [5.74, 6) is 0.624. The van der Waals surface area contributed by atoms with Gasteiger partial charge in [0.2, 0.25) is 0 Å². The first-order valence-corrected chi connectivity index (χ1v) is 5.51. The number of pyridine rings is 1. The van der Waals surface area contributed by atoms with E-state index < -0.39 is 0 Å². The molecule has 0 fully saturated rings. The molecule has 0 aliphatic heterocycles. The maximum atomic E-state index is 8.76. The van der Waals surface area contributed by atoms with Gasteiger partial charge in [0.15, 0.2) is 5.69 Å². The van der Waals surface area contributed by atoms with Crippen LogP contribution in [0.3, 0.4) is 0 Å². The summed E-state index contributed by atoms with van der Waals surface area (Å²) < 4.78 is 0. The van der Waals surface area contributed by atoms with Crippen LogP contribution >= 0.6 is 11.3 Å². The first-order chi connectivity index (χ1) is 7.79. The van der Waals surface area contributed by atoms with Crippen LogP contribution in [0.25, 0.3) is 0 Å². The number of anilines is 2. The van der Waals surface area contributed by atoms with E-state index in [0.29, 0.717) is 18.1 Å². The summed E-state index contributed by atoms with van der Waals surface area (Å²) in [5.41, 5.74) is 8.92. The zero-order valence-electron chi connectivity index (χ0n) is 8.34. The molecule has 5 nitrogen and oxygen atoms in total. The molecular weight excluding hydrogens is 222 g/mol. The molecule has 0 saturated heterocycles. The third-order valence-corrected chi connectivity index (χ3v) is 2.60. The summed E-state index contributed by atoms with van der Waals surface area (Å²) in [6, 6.07) is 5.34. The average molecular weight is 231 g/mol. The van der Waals surface area contributed by atoms with E-state index in [1.165, 1.54) is 0 Å². The Morgan fingerprint density at radius 3 is 3.06 bits per heavy atom. The van der Waals surface area contributed by atoms with Crippen LogP contribution in [0.5, 0.6) is 0 Å². The lowest BCUT2D eigenvalue weighted by Crippen LogP contribution is -2.03. The maximum Gasteiger partial charge on any atom is 0.165 e. The quantitative estimate of drug-likeness (QED) is 0.837. The molecule has 0 atom stereocenters. The molecule has 0 saturated carbocycles. The first kappa shape index (κ1) is 10.4. The van der Waals surface area contributed by atoms with Gasteiger partial charge in [-0.3, -0.25) is 0 Å².